The highest BCUT2D eigenvalue weighted by Crippen LogP contribution is 2.11. The molecule has 1 amide bonds. The molecule has 0 aliphatic carbocycles. The Morgan fingerprint density at radius 1 is 1.62 bits per heavy atom. The summed E-state index contributed by atoms with van der Waals surface area (Å²) in [5.41, 5.74) is 5.93. The van der Waals surface area contributed by atoms with E-state index in [1.807, 2.05) is 0 Å². The second-order valence-electron chi connectivity index (χ2n) is 4.06. The number of carbonyl (C=O) groups is 1. The van der Waals surface area contributed by atoms with Gasteiger partial charge in [-0.05, 0) is 12.3 Å². The number of nitrogens with one attached hydrogen (secondary N) is 1. The second-order valence-corrected chi connectivity index (χ2v) is 5.01. The maximum atomic E-state index is 11.8. The third-order valence-electron chi connectivity index (χ3n) is 2.52. The highest BCUT2D eigenvalue weighted by atomic mass is 32.1. The standard InChI is InChI=1S/C11H19N3OS/c1-4-8(7(2)3)14-11(15)9-6-16-10(5-12)13-9/h6-8H,4-5,12H2,1-3H3,(H,14,15). The van der Waals surface area contributed by atoms with Crippen LogP contribution in [-0.2, 0) is 6.54 Å². The molecular weight excluding hydrogens is 222 g/mol. The van der Waals surface area contributed by atoms with Gasteiger partial charge in [0.15, 0.2) is 0 Å². The summed E-state index contributed by atoms with van der Waals surface area (Å²) >= 11 is 1.42. The van der Waals surface area contributed by atoms with Crippen molar-refractivity contribution in [3.8, 4) is 0 Å². The first-order valence-electron chi connectivity index (χ1n) is 5.53. The van der Waals surface area contributed by atoms with E-state index in [-0.39, 0.29) is 11.9 Å². The number of hydrogen-bond donors (Lipinski definition) is 2. The van der Waals surface area contributed by atoms with Crippen molar-refractivity contribution in [1.82, 2.24) is 10.3 Å². The first-order valence-corrected chi connectivity index (χ1v) is 6.41. The van der Waals surface area contributed by atoms with Crippen LogP contribution in [0, 0.1) is 5.92 Å². The molecule has 1 atom stereocenters. The van der Waals surface area contributed by atoms with E-state index >= 15 is 0 Å². The fourth-order valence-corrected chi connectivity index (χ4v) is 2.15. The Hall–Kier alpha value is -0.940. The van der Waals surface area contributed by atoms with E-state index in [2.05, 4.69) is 31.1 Å². The van der Waals surface area contributed by atoms with Gasteiger partial charge in [0, 0.05) is 18.0 Å². The Balaban J connectivity index is 2.64. The van der Waals surface area contributed by atoms with Crippen LogP contribution in [0.3, 0.4) is 0 Å². The molecule has 0 bridgehead atoms. The Morgan fingerprint density at radius 2 is 2.31 bits per heavy atom. The number of amides is 1. The van der Waals surface area contributed by atoms with Gasteiger partial charge in [-0.2, -0.15) is 0 Å². The van der Waals surface area contributed by atoms with Crippen LogP contribution in [0.15, 0.2) is 5.38 Å². The third kappa shape index (κ3) is 3.28. The van der Waals surface area contributed by atoms with Crippen molar-refractivity contribution in [2.24, 2.45) is 11.7 Å². The molecule has 0 spiro atoms. The smallest absolute Gasteiger partial charge is 0.270 e. The van der Waals surface area contributed by atoms with E-state index in [1.54, 1.807) is 5.38 Å². The van der Waals surface area contributed by atoms with Crippen molar-refractivity contribution in [3.63, 3.8) is 0 Å². The topological polar surface area (TPSA) is 68.0 Å². The summed E-state index contributed by atoms with van der Waals surface area (Å²) in [6, 6.07) is 0.204. The zero-order valence-electron chi connectivity index (χ0n) is 9.99. The maximum absolute atomic E-state index is 11.8. The minimum absolute atomic E-state index is 0.100. The zero-order valence-corrected chi connectivity index (χ0v) is 10.8. The molecule has 0 fully saturated rings. The number of nitrogens with zero attached hydrogens (tertiary/aromatic N) is 1. The SMILES string of the molecule is CCC(NC(=O)c1csc(CN)n1)C(C)C. The first-order chi connectivity index (χ1) is 7.58. The van der Waals surface area contributed by atoms with Crippen molar-refractivity contribution in [1.29, 1.82) is 0 Å². The lowest BCUT2D eigenvalue weighted by atomic mass is 10.0. The van der Waals surface area contributed by atoms with Crippen LogP contribution in [0.5, 0.6) is 0 Å². The molecule has 1 aromatic rings. The Bertz CT molecular complexity index is 349. The average Bonchev–Trinajstić information content (AvgIpc) is 2.73. The van der Waals surface area contributed by atoms with Gasteiger partial charge in [-0.15, -0.1) is 11.3 Å². The molecular formula is C11H19N3OS. The van der Waals surface area contributed by atoms with Crippen LogP contribution in [0.1, 0.15) is 42.7 Å². The van der Waals surface area contributed by atoms with Crippen LogP contribution < -0.4 is 11.1 Å². The van der Waals surface area contributed by atoms with Gasteiger partial charge in [0.05, 0.1) is 0 Å². The van der Waals surface area contributed by atoms with Crippen LogP contribution >= 0.6 is 11.3 Å². The van der Waals surface area contributed by atoms with Gasteiger partial charge in [0.1, 0.15) is 10.7 Å². The molecule has 1 aromatic heterocycles. The molecule has 0 saturated carbocycles. The van der Waals surface area contributed by atoms with Crippen LogP contribution in [-0.4, -0.2) is 16.9 Å². The van der Waals surface area contributed by atoms with Gasteiger partial charge < -0.3 is 11.1 Å². The summed E-state index contributed by atoms with van der Waals surface area (Å²) in [5, 5.41) is 5.53. The summed E-state index contributed by atoms with van der Waals surface area (Å²) in [6.45, 7) is 6.65. The van der Waals surface area contributed by atoms with Crippen molar-refractivity contribution in [2.75, 3.05) is 0 Å². The number of thiazole rings is 1. The number of hydrogen-bond acceptors (Lipinski definition) is 4. The Morgan fingerprint density at radius 3 is 2.75 bits per heavy atom. The number of nitrogens with two attached hydrogens (primary N) is 1. The summed E-state index contributed by atoms with van der Waals surface area (Å²) in [4.78, 5) is 16.0. The average molecular weight is 241 g/mol. The predicted octanol–water partition coefficient (Wildman–Crippen LogP) is 1.77. The minimum Gasteiger partial charge on any atom is -0.348 e. The van der Waals surface area contributed by atoms with Crippen LogP contribution in [0.2, 0.25) is 0 Å². The summed E-state index contributed by atoms with van der Waals surface area (Å²) in [7, 11) is 0. The third-order valence-corrected chi connectivity index (χ3v) is 3.39. The van der Waals surface area contributed by atoms with Crippen molar-refractivity contribution in [2.45, 2.75) is 39.8 Å². The van der Waals surface area contributed by atoms with Crippen LogP contribution in [0.25, 0.3) is 0 Å². The molecule has 90 valence electrons. The van der Waals surface area contributed by atoms with Crippen molar-refractivity contribution < 1.29 is 4.79 Å². The first kappa shape index (κ1) is 13.1. The molecule has 1 rings (SSSR count). The highest BCUT2D eigenvalue weighted by molar-refractivity contribution is 7.09. The van der Waals surface area contributed by atoms with Gasteiger partial charge >= 0.3 is 0 Å². The number of aromatic nitrogens is 1. The van der Waals surface area contributed by atoms with Gasteiger partial charge in [0.2, 0.25) is 0 Å². The van der Waals surface area contributed by atoms with Crippen LogP contribution in [0.4, 0.5) is 0 Å². The summed E-state index contributed by atoms with van der Waals surface area (Å²) in [6.07, 6.45) is 0.928. The molecule has 0 aliphatic rings. The van der Waals surface area contributed by atoms with Crippen molar-refractivity contribution in [3.05, 3.63) is 16.1 Å². The highest BCUT2D eigenvalue weighted by Gasteiger charge is 2.17. The molecule has 1 unspecified atom stereocenters. The molecule has 16 heavy (non-hydrogen) atoms. The van der Waals surface area contributed by atoms with E-state index in [0.29, 0.717) is 18.2 Å². The van der Waals surface area contributed by atoms with Gasteiger partial charge in [-0.3, -0.25) is 4.79 Å². The molecule has 5 heteroatoms. The Kier molecular flexibility index (Phi) is 4.89. The lowest BCUT2D eigenvalue weighted by Crippen LogP contribution is -2.38. The molecule has 0 saturated heterocycles. The molecule has 0 aliphatic heterocycles. The summed E-state index contributed by atoms with van der Waals surface area (Å²) in [5.74, 6) is 0.332. The van der Waals surface area contributed by atoms with E-state index in [4.69, 9.17) is 5.73 Å². The molecule has 0 radical (unpaired) electrons. The van der Waals surface area contributed by atoms with Gasteiger partial charge in [-0.1, -0.05) is 20.8 Å². The second kappa shape index (κ2) is 5.96. The molecule has 3 N–H and O–H groups in total. The zero-order chi connectivity index (χ0) is 12.1. The lowest BCUT2D eigenvalue weighted by Gasteiger charge is -2.19. The summed E-state index contributed by atoms with van der Waals surface area (Å²) < 4.78 is 0. The molecule has 1 heterocycles. The molecule has 0 aromatic carbocycles. The van der Waals surface area contributed by atoms with E-state index in [0.717, 1.165) is 11.4 Å². The van der Waals surface area contributed by atoms with Crippen molar-refractivity contribution >= 4 is 17.2 Å². The van der Waals surface area contributed by atoms with E-state index < -0.39 is 0 Å². The minimum atomic E-state index is -0.100. The lowest BCUT2D eigenvalue weighted by molar-refractivity contribution is 0.0920. The Labute approximate surface area is 100 Å². The maximum Gasteiger partial charge on any atom is 0.270 e. The van der Waals surface area contributed by atoms with Gasteiger partial charge in [0.25, 0.3) is 5.91 Å². The van der Waals surface area contributed by atoms with E-state index in [9.17, 15) is 4.79 Å². The van der Waals surface area contributed by atoms with E-state index in [1.165, 1.54) is 11.3 Å². The largest absolute Gasteiger partial charge is 0.348 e. The monoisotopic (exact) mass is 241 g/mol. The van der Waals surface area contributed by atoms with Gasteiger partial charge in [-0.25, -0.2) is 4.98 Å². The number of rotatable bonds is 5. The normalized spacial score (nSPS) is 12.8. The predicted molar refractivity (Wildman–Crippen MR) is 66.4 cm³/mol. The quantitative estimate of drug-likeness (QED) is 0.825. The number of carbonyl (C=O) groups excluding carboxylic acids is 1. The fourth-order valence-electron chi connectivity index (χ4n) is 1.49. The molecule has 4 nitrogen and oxygen atoms in total. The fraction of sp³-hybridized carbons (Fsp3) is 0.636.